The quantitative estimate of drug-likeness (QED) is 0.622. The second kappa shape index (κ2) is 4.18. The van der Waals surface area contributed by atoms with Crippen molar-refractivity contribution in [3.63, 3.8) is 0 Å². The van der Waals surface area contributed by atoms with Crippen LogP contribution in [0.15, 0.2) is 0 Å². The molecule has 3 atom stereocenters. The van der Waals surface area contributed by atoms with Crippen LogP contribution >= 0.6 is 0 Å². The van der Waals surface area contributed by atoms with E-state index in [2.05, 4.69) is 0 Å². The molecule has 2 N–H and O–H groups in total. The van der Waals surface area contributed by atoms with Gasteiger partial charge >= 0.3 is 0 Å². The van der Waals surface area contributed by atoms with Gasteiger partial charge in [0, 0.05) is 5.92 Å². The number of hydrogen-bond donors (Lipinski definition) is 2. The van der Waals surface area contributed by atoms with E-state index in [1.54, 1.807) is 0 Å². The van der Waals surface area contributed by atoms with Crippen LogP contribution in [0.25, 0.3) is 0 Å². The van der Waals surface area contributed by atoms with Crippen LogP contribution in [0, 0.1) is 5.92 Å². The lowest BCUT2D eigenvalue weighted by Gasteiger charge is -2.16. The maximum Gasteiger partial charge on any atom is 0.160 e. The second-order valence-electron chi connectivity index (χ2n) is 3.37. The van der Waals surface area contributed by atoms with Gasteiger partial charge in [0.05, 0.1) is 13.2 Å². The normalized spacial score (nSPS) is 32.8. The highest BCUT2D eigenvalue weighted by Crippen LogP contribution is 2.20. The minimum atomic E-state index is -0.825. The predicted octanol–water partition coefficient (Wildman–Crippen LogP) is -0.263. The fourth-order valence-corrected chi connectivity index (χ4v) is 1.11. The van der Waals surface area contributed by atoms with Crippen LogP contribution in [-0.2, 0) is 9.47 Å². The third kappa shape index (κ3) is 2.17. The van der Waals surface area contributed by atoms with E-state index >= 15 is 0 Å². The third-order valence-corrected chi connectivity index (χ3v) is 1.89. The summed E-state index contributed by atoms with van der Waals surface area (Å²) in [5, 5.41) is 17.8. The van der Waals surface area contributed by atoms with Crippen molar-refractivity contribution in [1.29, 1.82) is 0 Å². The molecule has 1 aliphatic heterocycles. The number of hydrogen-bond acceptors (Lipinski definition) is 4. The van der Waals surface area contributed by atoms with Crippen LogP contribution in [0.2, 0.25) is 0 Å². The molecule has 1 saturated heterocycles. The number of aliphatic hydroxyl groups is 2. The zero-order valence-corrected chi connectivity index (χ0v) is 7.43. The summed E-state index contributed by atoms with van der Waals surface area (Å²) >= 11 is 0. The number of ether oxygens (including phenoxy) is 2. The molecule has 1 aliphatic rings. The van der Waals surface area contributed by atoms with Crippen LogP contribution < -0.4 is 0 Å². The summed E-state index contributed by atoms with van der Waals surface area (Å²) < 4.78 is 10.6. The van der Waals surface area contributed by atoms with Crippen LogP contribution in [0.1, 0.15) is 13.8 Å². The molecule has 1 fully saturated rings. The topological polar surface area (TPSA) is 58.9 Å². The average Bonchev–Trinajstić information content (AvgIpc) is 2.51. The van der Waals surface area contributed by atoms with Crippen molar-refractivity contribution in [2.45, 2.75) is 32.3 Å². The van der Waals surface area contributed by atoms with Gasteiger partial charge in [0.15, 0.2) is 6.29 Å². The molecular weight excluding hydrogens is 160 g/mol. The Morgan fingerprint density at radius 2 is 2.17 bits per heavy atom. The van der Waals surface area contributed by atoms with Crippen molar-refractivity contribution in [2.24, 2.45) is 5.92 Å². The molecule has 0 amide bonds. The van der Waals surface area contributed by atoms with E-state index in [0.29, 0.717) is 6.61 Å². The summed E-state index contributed by atoms with van der Waals surface area (Å²) in [5.41, 5.74) is 0. The van der Waals surface area contributed by atoms with E-state index in [-0.39, 0.29) is 24.9 Å². The highest BCUT2D eigenvalue weighted by molar-refractivity contribution is 4.74. The van der Waals surface area contributed by atoms with Gasteiger partial charge in [-0.05, 0) is 0 Å². The Morgan fingerprint density at radius 1 is 1.50 bits per heavy atom. The molecule has 0 aliphatic carbocycles. The van der Waals surface area contributed by atoms with Crippen molar-refractivity contribution < 1.29 is 19.7 Å². The molecule has 4 nitrogen and oxygen atoms in total. The molecule has 0 aromatic rings. The molecule has 4 heteroatoms. The summed E-state index contributed by atoms with van der Waals surface area (Å²) in [5.74, 6) is 0.279. The Morgan fingerprint density at radius 3 is 2.58 bits per heavy atom. The molecule has 0 aromatic heterocycles. The summed E-state index contributed by atoms with van der Waals surface area (Å²) in [6.45, 7) is 4.06. The third-order valence-electron chi connectivity index (χ3n) is 1.89. The minimum absolute atomic E-state index is 0.240. The SMILES string of the molecule is CC(C)C1OCC(C(O)CO)O1. The Labute approximate surface area is 72.1 Å². The van der Waals surface area contributed by atoms with E-state index in [0.717, 1.165) is 0 Å². The molecule has 0 spiro atoms. The molecule has 72 valence electrons. The fraction of sp³-hybridized carbons (Fsp3) is 1.00. The summed E-state index contributed by atoms with van der Waals surface area (Å²) in [7, 11) is 0. The molecule has 1 rings (SSSR count). The first-order chi connectivity index (χ1) is 5.65. The molecular formula is C8H16O4. The molecule has 0 radical (unpaired) electrons. The molecule has 1 heterocycles. The highest BCUT2D eigenvalue weighted by atomic mass is 16.7. The van der Waals surface area contributed by atoms with Crippen molar-refractivity contribution in [3.8, 4) is 0 Å². The van der Waals surface area contributed by atoms with Gasteiger partial charge in [0.1, 0.15) is 12.2 Å². The Kier molecular flexibility index (Phi) is 3.46. The first kappa shape index (κ1) is 9.92. The molecule has 0 bridgehead atoms. The van der Waals surface area contributed by atoms with E-state index in [9.17, 15) is 5.11 Å². The molecule has 0 aromatic carbocycles. The summed E-state index contributed by atoms with van der Waals surface area (Å²) in [6.07, 6.45) is -1.44. The zero-order valence-electron chi connectivity index (χ0n) is 7.43. The van der Waals surface area contributed by atoms with E-state index in [1.165, 1.54) is 0 Å². The van der Waals surface area contributed by atoms with Gasteiger partial charge in [-0.25, -0.2) is 0 Å². The maximum absolute atomic E-state index is 9.20. The van der Waals surface area contributed by atoms with Crippen molar-refractivity contribution in [1.82, 2.24) is 0 Å². The Bertz CT molecular complexity index is 137. The second-order valence-corrected chi connectivity index (χ2v) is 3.37. The molecule has 3 unspecified atom stereocenters. The van der Waals surface area contributed by atoms with Gasteiger partial charge in [-0.2, -0.15) is 0 Å². The van der Waals surface area contributed by atoms with Crippen LogP contribution in [0.4, 0.5) is 0 Å². The lowest BCUT2D eigenvalue weighted by Crippen LogP contribution is -2.32. The van der Waals surface area contributed by atoms with Crippen LogP contribution in [-0.4, -0.2) is 41.9 Å². The fourth-order valence-electron chi connectivity index (χ4n) is 1.11. The average molecular weight is 176 g/mol. The number of rotatable bonds is 3. The van der Waals surface area contributed by atoms with Gasteiger partial charge in [0.2, 0.25) is 0 Å². The zero-order chi connectivity index (χ0) is 9.14. The van der Waals surface area contributed by atoms with E-state index in [4.69, 9.17) is 14.6 Å². The monoisotopic (exact) mass is 176 g/mol. The molecule has 0 saturated carbocycles. The van der Waals surface area contributed by atoms with Crippen LogP contribution in [0.5, 0.6) is 0 Å². The first-order valence-corrected chi connectivity index (χ1v) is 4.21. The van der Waals surface area contributed by atoms with Gasteiger partial charge in [0.25, 0.3) is 0 Å². The minimum Gasteiger partial charge on any atom is -0.394 e. The van der Waals surface area contributed by atoms with Crippen molar-refractivity contribution in [2.75, 3.05) is 13.2 Å². The van der Waals surface area contributed by atoms with Gasteiger partial charge in [-0.15, -0.1) is 0 Å². The summed E-state index contributed by atoms with van der Waals surface area (Å²) in [4.78, 5) is 0. The van der Waals surface area contributed by atoms with Gasteiger partial charge in [-0.3, -0.25) is 0 Å². The van der Waals surface area contributed by atoms with Crippen LogP contribution in [0.3, 0.4) is 0 Å². The summed E-state index contributed by atoms with van der Waals surface area (Å²) in [6, 6.07) is 0. The Hall–Kier alpha value is -0.160. The van der Waals surface area contributed by atoms with E-state index < -0.39 is 6.10 Å². The van der Waals surface area contributed by atoms with Crippen molar-refractivity contribution >= 4 is 0 Å². The molecule has 12 heavy (non-hydrogen) atoms. The highest BCUT2D eigenvalue weighted by Gasteiger charge is 2.32. The lowest BCUT2D eigenvalue weighted by molar-refractivity contribution is -0.110. The van der Waals surface area contributed by atoms with Crippen molar-refractivity contribution in [3.05, 3.63) is 0 Å². The lowest BCUT2D eigenvalue weighted by atomic mass is 10.2. The predicted molar refractivity (Wildman–Crippen MR) is 42.5 cm³/mol. The van der Waals surface area contributed by atoms with Gasteiger partial charge < -0.3 is 19.7 Å². The number of aliphatic hydroxyl groups excluding tert-OH is 2. The van der Waals surface area contributed by atoms with E-state index in [1.807, 2.05) is 13.8 Å². The Balaban J connectivity index is 2.35. The van der Waals surface area contributed by atoms with Gasteiger partial charge in [-0.1, -0.05) is 13.8 Å². The maximum atomic E-state index is 9.20. The first-order valence-electron chi connectivity index (χ1n) is 4.21. The largest absolute Gasteiger partial charge is 0.394 e. The smallest absolute Gasteiger partial charge is 0.160 e. The standard InChI is InChI=1S/C8H16O4/c1-5(2)8-11-4-7(12-8)6(10)3-9/h5-10H,3-4H2,1-2H3.